The lowest BCUT2D eigenvalue weighted by atomic mass is 10.1. The van der Waals surface area contributed by atoms with Crippen molar-refractivity contribution in [2.24, 2.45) is 5.10 Å². The SMILES string of the molecule is N#Cc1cnc(SCC(=O)N2N=C(c3cccs3)CC2c2cccs2)nc1N. The van der Waals surface area contributed by atoms with E-state index >= 15 is 0 Å². The molecule has 1 aliphatic rings. The standard InChI is InChI=1S/C18H14N6OS3/c19-8-11-9-21-18(22-17(11)20)28-10-16(25)24-13(15-4-2-6-27-15)7-12(23-24)14-3-1-5-26-14/h1-6,9,13H,7,10H2,(H2,20,21,22). The molecule has 0 aliphatic carbocycles. The van der Waals surface area contributed by atoms with Gasteiger partial charge in [0.2, 0.25) is 0 Å². The fourth-order valence-electron chi connectivity index (χ4n) is 2.76. The number of nitriles is 1. The molecule has 28 heavy (non-hydrogen) atoms. The highest BCUT2D eigenvalue weighted by Gasteiger charge is 2.34. The predicted molar refractivity (Wildman–Crippen MR) is 111 cm³/mol. The number of nitrogens with zero attached hydrogens (tertiary/aromatic N) is 5. The van der Waals surface area contributed by atoms with Gasteiger partial charge >= 0.3 is 0 Å². The molecular formula is C18H14N6OS3. The van der Waals surface area contributed by atoms with E-state index < -0.39 is 0 Å². The van der Waals surface area contributed by atoms with E-state index in [1.807, 2.05) is 41.1 Å². The van der Waals surface area contributed by atoms with Crippen LogP contribution in [0.3, 0.4) is 0 Å². The normalized spacial score (nSPS) is 16.0. The molecule has 1 atom stereocenters. The van der Waals surface area contributed by atoms with Crippen LogP contribution in [0.4, 0.5) is 5.82 Å². The molecule has 3 aromatic rings. The van der Waals surface area contributed by atoms with Crippen molar-refractivity contribution in [3.8, 4) is 6.07 Å². The minimum atomic E-state index is -0.124. The minimum absolute atomic E-state index is 0.0999. The topological polar surface area (TPSA) is 108 Å². The summed E-state index contributed by atoms with van der Waals surface area (Å²) in [5.74, 6) is 0.124. The van der Waals surface area contributed by atoms with Crippen molar-refractivity contribution in [3.63, 3.8) is 0 Å². The molecule has 4 rings (SSSR count). The number of nitrogen functional groups attached to an aromatic ring is 1. The fourth-order valence-corrected chi connectivity index (χ4v) is 4.97. The van der Waals surface area contributed by atoms with Gasteiger partial charge in [-0.25, -0.2) is 15.0 Å². The molecule has 3 aromatic heterocycles. The number of hydrogen-bond acceptors (Lipinski definition) is 9. The number of aromatic nitrogens is 2. The van der Waals surface area contributed by atoms with Gasteiger partial charge in [-0.2, -0.15) is 10.4 Å². The highest BCUT2D eigenvalue weighted by atomic mass is 32.2. The van der Waals surface area contributed by atoms with Gasteiger partial charge < -0.3 is 5.73 Å². The largest absolute Gasteiger partial charge is 0.382 e. The van der Waals surface area contributed by atoms with Crippen molar-refractivity contribution in [2.75, 3.05) is 11.5 Å². The summed E-state index contributed by atoms with van der Waals surface area (Å²) >= 11 is 4.42. The minimum Gasteiger partial charge on any atom is -0.382 e. The zero-order chi connectivity index (χ0) is 19.5. The van der Waals surface area contributed by atoms with Gasteiger partial charge in [-0.1, -0.05) is 23.9 Å². The number of carbonyl (C=O) groups is 1. The van der Waals surface area contributed by atoms with Crippen LogP contribution in [0.1, 0.15) is 27.8 Å². The third-order valence-corrected chi connectivity index (χ3v) is 6.82. The van der Waals surface area contributed by atoms with E-state index in [4.69, 9.17) is 11.0 Å². The molecule has 0 bridgehead atoms. The molecule has 0 fully saturated rings. The van der Waals surface area contributed by atoms with Crippen LogP contribution in [0.15, 0.2) is 51.5 Å². The second-order valence-corrected chi connectivity index (χ2v) is 8.72. The van der Waals surface area contributed by atoms with Crippen molar-refractivity contribution in [1.82, 2.24) is 15.0 Å². The van der Waals surface area contributed by atoms with Crippen molar-refractivity contribution >= 4 is 51.9 Å². The first kappa shape index (κ1) is 18.6. The third kappa shape index (κ3) is 3.77. The maximum Gasteiger partial charge on any atom is 0.253 e. The Labute approximate surface area is 173 Å². The quantitative estimate of drug-likeness (QED) is 0.494. The molecular weight excluding hydrogens is 412 g/mol. The van der Waals surface area contributed by atoms with Crippen molar-refractivity contribution in [3.05, 3.63) is 56.5 Å². The highest BCUT2D eigenvalue weighted by Crippen LogP contribution is 2.36. The van der Waals surface area contributed by atoms with Crippen molar-refractivity contribution in [2.45, 2.75) is 17.6 Å². The summed E-state index contributed by atoms with van der Waals surface area (Å²) in [5.41, 5.74) is 6.86. The Morgan fingerprint density at radius 3 is 2.86 bits per heavy atom. The molecule has 0 saturated heterocycles. The summed E-state index contributed by atoms with van der Waals surface area (Å²) in [7, 11) is 0. The zero-order valence-corrected chi connectivity index (χ0v) is 16.9. The van der Waals surface area contributed by atoms with Crippen LogP contribution in [-0.4, -0.2) is 32.3 Å². The monoisotopic (exact) mass is 426 g/mol. The Bertz CT molecular complexity index is 1060. The van der Waals surface area contributed by atoms with E-state index in [9.17, 15) is 4.79 Å². The molecule has 10 heteroatoms. The van der Waals surface area contributed by atoms with Crippen molar-refractivity contribution < 1.29 is 4.79 Å². The highest BCUT2D eigenvalue weighted by molar-refractivity contribution is 7.99. The summed E-state index contributed by atoms with van der Waals surface area (Å²) < 4.78 is 0. The van der Waals surface area contributed by atoms with Gasteiger partial charge in [-0.05, 0) is 22.9 Å². The maximum atomic E-state index is 12.9. The fraction of sp³-hybridized carbons (Fsp3) is 0.167. The summed E-state index contributed by atoms with van der Waals surface area (Å²) in [5, 5.41) is 19.5. The van der Waals surface area contributed by atoms with E-state index in [1.54, 1.807) is 27.7 Å². The molecule has 1 aliphatic heterocycles. The van der Waals surface area contributed by atoms with Gasteiger partial charge in [0.1, 0.15) is 17.5 Å². The van der Waals surface area contributed by atoms with Crippen LogP contribution < -0.4 is 5.73 Å². The van der Waals surface area contributed by atoms with Crippen LogP contribution in [0, 0.1) is 11.3 Å². The molecule has 2 N–H and O–H groups in total. The first-order valence-electron chi connectivity index (χ1n) is 8.28. The molecule has 1 amide bonds. The third-order valence-electron chi connectivity index (χ3n) is 4.08. The second kappa shape index (κ2) is 8.10. The van der Waals surface area contributed by atoms with E-state index in [1.165, 1.54) is 18.0 Å². The average Bonchev–Trinajstić information content (AvgIpc) is 3.46. The number of carbonyl (C=O) groups excluding carboxylic acids is 1. The van der Waals surface area contributed by atoms with Crippen LogP contribution in [0.5, 0.6) is 0 Å². The molecule has 7 nitrogen and oxygen atoms in total. The van der Waals surface area contributed by atoms with E-state index in [-0.39, 0.29) is 29.1 Å². The molecule has 1 unspecified atom stereocenters. The van der Waals surface area contributed by atoms with E-state index in [2.05, 4.69) is 15.1 Å². The number of hydrogen-bond donors (Lipinski definition) is 1. The molecule has 0 aromatic carbocycles. The Kier molecular flexibility index (Phi) is 5.38. The predicted octanol–water partition coefficient (Wildman–Crippen LogP) is 3.52. The van der Waals surface area contributed by atoms with Crippen LogP contribution >= 0.6 is 34.4 Å². The summed E-state index contributed by atoms with van der Waals surface area (Å²) in [6, 6.07) is 9.83. The zero-order valence-electron chi connectivity index (χ0n) is 14.5. The Morgan fingerprint density at radius 1 is 1.36 bits per heavy atom. The number of thioether (sulfide) groups is 1. The summed E-state index contributed by atoms with van der Waals surface area (Å²) in [6.07, 6.45) is 2.06. The van der Waals surface area contributed by atoms with E-state index in [0.717, 1.165) is 15.5 Å². The van der Waals surface area contributed by atoms with Gasteiger partial charge in [0, 0.05) is 11.3 Å². The lowest BCUT2D eigenvalue weighted by Gasteiger charge is -2.20. The Balaban J connectivity index is 1.52. The van der Waals surface area contributed by atoms with Gasteiger partial charge in [-0.3, -0.25) is 4.79 Å². The van der Waals surface area contributed by atoms with E-state index in [0.29, 0.717) is 11.6 Å². The second-order valence-electron chi connectivity index (χ2n) is 5.85. The van der Waals surface area contributed by atoms with Crippen molar-refractivity contribution in [1.29, 1.82) is 5.26 Å². The number of hydrazone groups is 1. The van der Waals surface area contributed by atoms with Crippen LogP contribution in [0.2, 0.25) is 0 Å². The maximum absolute atomic E-state index is 12.9. The number of rotatable bonds is 5. The molecule has 0 saturated carbocycles. The lowest BCUT2D eigenvalue weighted by molar-refractivity contribution is -0.130. The number of nitrogens with two attached hydrogens (primary N) is 1. The Hall–Kier alpha value is -2.74. The van der Waals surface area contributed by atoms with Crippen LogP contribution in [0.25, 0.3) is 0 Å². The molecule has 0 spiro atoms. The van der Waals surface area contributed by atoms with Crippen LogP contribution in [-0.2, 0) is 4.79 Å². The lowest BCUT2D eigenvalue weighted by Crippen LogP contribution is -2.28. The van der Waals surface area contributed by atoms with Gasteiger partial charge in [-0.15, -0.1) is 22.7 Å². The smallest absolute Gasteiger partial charge is 0.253 e. The molecule has 0 radical (unpaired) electrons. The first-order chi connectivity index (χ1) is 13.7. The number of amides is 1. The van der Waals surface area contributed by atoms with Gasteiger partial charge in [0.05, 0.1) is 28.6 Å². The molecule has 4 heterocycles. The first-order valence-corrected chi connectivity index (χ1v) is 11.0. The summed E-state index contributed by atoms with van der Waals surface area (Å²) in [4.78, 5) is 23.2. The Morgan fingerprint density at radius 2 is 2.18 bits per heavy atom. The summed E-state index contributed by atoms with van der Waals surface area (Å²) in [6.45, 7) is 0. The number of thiophene rings is 2. The number of anilines is 1. The average molecular weight is 427 g/mol. The van der Waals surface area contributed by atoms with Gasteiger partial charge in [0.25, 0.3) is 5.91 Å². The van der Waals surface area contributed by atoms with Gasteiger partial charge in [0.15, 0.2) is 5.16 Å². The molecule has 140 valence electrons.